The summed E-state index contributed by atoms with van der Waals surface area (Å²) in [4.78, 5) is 24.8. The molecule has 9 nitrogen and oxygen atoms in total. The van der Waals surface area contributed by atoms with Gasteiger partial charge in [-0.15, -0.1) is 5.10 Å². The van der Waals surface area contributed by atoms with Crippen molar-refractivity contribution in [3.05, 3.63) is 58.4 Å². The Morgan fingerprint density at radius 3 is 2.82 bits per heavy atom. The fourth-order valence-corrected chi connectivity index (χ4v) is 2.88. The Balaban J connectivity index is 1.40. The van der Waals surface area contributed by atoms with Gasteiger partial charge in [0, 0.05) is 11.4 Å². The van der Waals surface area contributed by atoms with Crippen LogP contribution in [-0.4, -0.2) is 35.7 Å². The molecule has 0 bridgehead atoms. The lowest BCUT2D eigenvalue weighted by atomic mass is 10.2. The minimum Gasteiger partial charge on any atom is -0.457 e. The molecule has 0 atom stereocenters. The van der Waals surface area contributed by atoms with Gasteiger partial charge in [-0.2, -0.15) is 9.97 Å². The number of aryl methyl sites for hydroxylation is 2. The number of carbonyl (C=O) groups is 1. The lowest BCUT2D eigenvalue weighted by Crippen LogP contribution is -2.10. The Morgan fingerprint density at radius 2 is 2.00 bits per heavy atom. The van der Waals surface area contributed by atoms with Gasteiger partial charge < -0.3 is 9.26 Å². The first-order chi connectivity index (χ1) is 13.5. The summed E-state index contributed by atoms with van der Waals surface area (Å²) >= 11 is 6.11. The number of ether oxygens (including phenoxy) is 1. The standard InChI is InChI=1S/C18H15ClN6O3/c1-10-7-11(2)25-18(20-10)22-14(23-25)8-16(26)27-9-15-21-17(28-24-15)12-5-3-4-6-13(12)19/h3-7H,8-9H2,1-2H3. The number of fused-ring (bicyclic) bond motifs is 1. The van der Waals surface area contributed by atoms with Crippen LogP contribution in [0.1, 0.15) is 23.0 Å². The molecule has 4 aromatic rings. The maximum atomic E-state index is 12.1. The molecule has 0 spiro atoms. The predicted molar refractivity (Wildman–Crippen MR) is 98.5 cm³/mol. The van der Waals surface area contributed by atoms with E-state index in [0.29, 0.717) is 22.2 Å². The van der Waals surface area contributed by atoms with E-state index in [2.05, 4.69) is 25.2 Å². The van der Waals surface area contributed by atoms with E-state index in [-0.39, 0.29) is 24.7 Å². The summed E-state index contributed by atoms with van der Waals surface area (Å²) in [6.07, 6.45) is -0.0862. The third-order valence-electron chi connectivity index (χ3n) is 3.90. The molecule has 0 unspecified atom stereocenters. The van der Waals surface area contributed by atoms with Crippen molar-refractivity contribution in [1.82, 2.24) is 29.7 Å². The molecule has 0 fully saturated rings. The van der Waals surface area contributed by atoms with Gasteiger partial charge in [-0.1, -0.05) is 28.9 Å². The van der Waals surface area contributed by atoms with Crippen LogP contribution in [0.3, 0.4) is 0 Å². The molecule has 10 heteroatoms. The second-order valence-electron chi connectivity index (χ2n) is 6.11. The Hall–Kier alpha value is -3.33. The average molecular weight is 399 g/mol. The smallest absolute Gasteiger partial charge is 0.314 e. The lowest BCUT2D eigenvalue weighted by molar-refractivity contribution is -0.144. The van der Waals surface area contributed by atoms with E-state index < -0.39 is 5.97 Å². The molecule has 0 aliphatic rings. The lowest BCUT2D eigenvalue weighted by Gasteiger charge is -1.99. The van der Waals surface area contributed by atoms with Crippen LogP contribution in [0, 0.1) is 13.8 Å². The molecule has 0 aliphatic heterocycles. The summed E-state index contributed by atoms with van der Waals surface area (Å²) in [6, 6.07) is 8.98. The van der Waals surface area contributed by atoms with Crippen molar-refractivity contribution >= 4 is 23.3 Å². The predicted octanol–water partition coefficient (Wildman–Crippen LogP) is 2.73. The highest BCUT2D eigenvalue weighted by Crippen LogP contribution is 2.25. The molecular formula is C18H15ClN6O3. The van der Waals surface area contributed by atoms with Crippen LogP contribution in [0.25, 0.3) is 17.2 Å². The van der Waals surface area contributed by atoms with Crippen molar-refractivity contribution in [3.63, 3.8) is 0 Å². The van der Waals surface area contributed by atoms with Gasteiger partial charge in [0.15, 0.2) is 12.4 Å². The third-order valence-corrected chi connectivity index (χ3v) is 4.23. The van der Waals surface area contributed by atoms with Crippen molar-refractivity contribution in [3.8, 4) is 11.5 Å². The molecule has 3 aromatic heterocycles. The summed E-state index contributed by atoms with van der Waals surface area (Å²) in [5.41, 5.74) is 2.33. The summed E-state index contributed by atoms with van der Waals surface area (Å²) in [5.74, 6) is 0.767. The van der Waals surface area contributed by atoms with Gasteiger partial charge in [-0.3, -0.25) is 4.79 Å². The molecule has 0 N–H and O–H groups in total. The Kier molecular flexibility index (Phi) is 4.74. The monoisotopic (exact) mass is 398 g/mol. The number of esters is 1. The minimum absolute atomic E-state index is 0.0862. The number of rotatable bonds is 5. The quantitative estimate of drug-likeness (QED) is 0.472. The van der Waals surface area contributed by atoms with Gasteiger partial charge in [0.05, 0.1) is 10.6 Å². The molecule has 0 saturated heterocycles. The van der Waals surface area contributed by atoms with Gasteiger partial charge in [0.1, 0.15) is 6.42 Å². The second-order valence-corrected chi connectivity index (χ2v) is 6.52. The topological polar surface area (TPSA) is 108 Å². The van der Waals surface area contributed by atoms with Crippen molar-refractivity contribution < 1.29 is 14.1 Å². The maximum Gasteiger partial charge on any atom is 0.314 e. The molecule has 1 aromatic carbocycles. The summed E-state index contributed by atoms with van der Waals surface area (Å²) in [5, 5.41) is 8.57. The van der Waals surface area contributed by atoms with Gasteiger partial charge in [-0.05, 0) is 32.0 Å². The van der Waals surface area contributed by atoms with Gasteiger partial charge >= 0.3 is 5.97 Å². The Labute approximate surface area is 164 Å². The van der Waals surface area contributed by atoms with Gasteiger partial charge in [0.25, 0.3) is 11.7 Å². The molecule has 0 aliphatic carbocycles. The zero-order valence-corrected chi connectivity index (χ0v) is 15.8. The molecule has 0 radical (unpaired) electrons. The highest BCUT2D eigenvalue weighted by Gasteiger charge is 2.16. The molecule has 0 saturated carbocycles. The Bertz CT molecular complexity index is 1170. The average Bonchev–Trinajstić information content (AvgIpc) is 3.27. The zero-order chi connectivity index (χ0) is 19.7. The number of hydrogen-bond acceptors (Lipinski definition) is 8. The van der Waals surface area contributed by atoms with Crippen LogP contribution in [0.15, 0.2) is 34.9 Å². The number of hydrogen-bond donors (Lipinski definition) is 0. The highest BCUT2D eigenvalue weighted by molar-refractivity contribution is 6.33. The fraction of sp³-hybridized carbons (Fsp3) is 0.222. The zero-order valence-electron chi connectivity index (χ0n) is 15.1. The van der Waals surface area contributed by atoms with Crippen molar-refractivity contribution in [2.24, 2.45) is 0 Å². The van der Waals surface area contributed by atoms with E-state index in [1.54, 1.807) is 22.7 Å². The molecule has 0 amide bonds. The highest BCUT2D eigenvalue weighted by atomic mass is 35.5. The van der Waals surface area contributed by atoms with E-state index in [9.17, 15) is 4.79 Å². The number of aromatic nitrogens is 6. The first-order valence-electron chi connectivity index (χ1n) is 8.42. The molecule has 142 valence electrons. The van der Waals surface area contributed by atoms with Crippen LogP contribution in [0.5, 0.6) is 0 Å². The van der Waals surface area contributed by atoms with Crippen molar-refractivity contribution in [2.45, 2.75) is 26.9 Å². The van der Waals surface area contributed by atoms with Crippen molar-refractivity contribution in [1.29, 1.82) is 0 Å². The summed E-state index contributed by atoms with van der Waals surface area (Å²) in [7, 11) is 0. The van der Waals surface area contributed by atoms with Crippen LogP contribution in [0.2, 0.25) is 5.02 Å². The van der Waals surface area contributed by atoms with Crippen LogP contribution in [0.4, 0.5) is 0 Å². The van der Waals surface area contributed by atoms with Crippen molar-refractivity contribution in [2.75, 3.05) is 0 Å². The Morgan fingerprint density at radius 1 is 1.18 bits per heavy atom. The van der Waals surface area contributed by atoms with Crippen LogP contribution >= 0.6 is 11.6 Å². The number of halogens is 1. The van der Waals surface area contributed by atoms with Crippen LogP contribution < -0.4 is 0 Å². The largest absolute Gasteiger partial charge is 0.457 e. The SMILES string of the molecule is Cc1cc(C)n2nc(CC(=O)OCc3noc(-c4ccccc4Cl)n3)nc2n1. The number of benzene rings is 1. The molecular weight excluding hydrogens is 384 g/mol. The number of nitrogens with zero attached hydrogens (tertiary/aromatic N) is 6. The summed E-state index contributed by atoms with van der Waals surface area (Å²) in [6.45, 7) is 3.64. The van der Waals surface area contributed by atoms with E-state index in [1.807, 2.05) is 26.0 Å². The fourth-order valence-electron chi connectivity index (χ4n) is 2.66. The summed E-state index contributed by atoms with van der Waals surface area (Å²) < 4.78 is 12.0. The van der Waals surface area contributed by atoms with Crippen LogP contribution in [-0.2, 0) is 22.6 Å². The normalized spacial score (nSPS) is 11.1. The van der Waals surface area contributed by atoms with Gasteiger partial charge in [-0.25, -0.2) is 9.50 Å². The third kappa shape index (κ3) is 3.70. The van der Waals surface area contributed by atoms with Gasteiger partial charge in [0.2, 0.25) is 5.82 Å². The van der Waals surface area contributed by atoms with E-state index >= 15 is 0 Å². The minimum atomic E-state index is -0.505. The number of carbonyl (C=O) groups excluding carboxylic acids is 1. The van der Waals surface area contributed by atoms with E-state index in [4.69, 9.17) is 20.9 Å². The molecule has 28 heavy (non-hydrogen) atoms. The second kappa shape index (κ2) is 7.35. The van der Waals surface area contributed by atoms with E-state index in [1.165, 1.54) is 0 Å². The molecule has 4 rings (SSSR count). The maximum absolute atomic E-state index is 12.1. The van der Waals surface area contributed by atoms with E-state index in [0.717, 1.165) is 11.4 Å². The molecule has 3 heterocycles. The first kappa shape index (κ1) is 18.1. The first-order valence-corrected chi connectivity index (χ1v) is 8.80.